The number of amides is 1. The van der Waals surface area contributed by atoms with Gasteiger partial charge in [0.1, 0.15) is 0 Å². The van der Waals surface area contributed by atoms with E-state index in [1.807, 2.05) is 0 Å². The third kappa shape index (κ3) is 3.45. The Bertz CT molecular complexity index is 628. The van der Waals surface area contributed by atoms with Gasteiger partial charge in [0.25, 0.3) is 0 Å². The van der Waals surface area contributed by atoms with E-state index >= 15 is 0 Å². The van der Waals surface area contributed by atoms with Gasteiger partial charge >= 0.3 is 0 Å². The molecule has 1 aromatic heterocycles. The van der Waals surface area contributed by atoms with Crippen molar-refractivity contribution in [3.8, 4) is 0 Å². The van der Waals surface area contributed by atoms with E-state index in [1.54, 1.807) is 7.05 Å². The van der Waals surface area contributed by atoms with E-state index in [9.17, 15) is 4.79 Å². The van der Waals surface area contributed by atoms with Crippen LogP contribution in [-0.2, 0) is 17.9 Å². The van der Waals surface area contributed by atoms with E-state index in [0.717, 1.165) is 25.6 Å². The Labute approximate surface area is 125 Å². The summed E-state index contributed by atoms with van der Waals surface area (Å²) in [6.07, 6.45) is 6.31. The maximum atomic E-state index is 11.3. The number of hydrogen-bond acceptors (Lipinski definition) is 2. The van der Waals surface area contributed by atoms with Crippen LogP contribution in [0, 0.1) is 0 Å². The number of benzene rings is 1. The molecule has 4 heteroatoms. The molecule has 0 aliphatic heterocycles. The van der Waals surface area contributed by atoms with Gasteiger partial charge in [-0.15, -0.1) is 0 Å². The quantitative estimate of drug-likeness (QED) is 0.820. The van der Waals surface area contributed by atoms with Gasteiger partial charge in [-0.05, 0) is 30.9 Å². The van der Waals surface area contributed by atoms with E-state index in [1.165, 1.54) is 29.3 Å². The van der Waals surface area contributed by atoms with Gasteiger partial charge in [0, 0.05) is 49.7 Å². The van der Waals surface area contributed by atoms with Crippen LogP contribution in [0.3, 0.4) is 0 Å². The minimum Gasteiger partial charge on any atom is -0.359 e. The molecule has 0 spiro atoms. The molecular weight excluding hydrogens is 262 g/mol. The second-order valence-corrected chi connectivity index (χ2v) is 5.80. The maximum Gasteiger partial charge on any atom is 0.219 e. The Morgan fingerprint density at radius 1 is 1.33 bits per heavy atom. The lowest BCUT2D eigenvalue weighted by atomic mass is 10.2. The van der Waals surface area contributed by atoms with E-state index < -0.39 is 0 Å². The molecule has 1 amide bonds. The van der Waals surface area contributed by atoms with Crippen LogP contribution >= 0.6 is 0 Å². The number of para-hydroxylation sites is 1. The van der Waals surface area contributed by atoms with Gasteiger partial charge in [-0.1, -0.05) is 18.2 Å². The Hall–Kier alpha value is -1.81. The average molecular weight is 285 g/mol. The topological polar surface area (TPSA) is 46.1 Å². The molecule has 112 valence electrons. The van der Waals surface area contributed by atoms with Crippen molar-refractivity contribution in [2.24, 2.45) is 0 Å². The third-order valence-electron chi connectivity index (χ3n) is 4.11. The molecule has 21 heavy (non-hydrogen) atoms. The molecule has 1 heterocycles. The number of nitrogens with zero attached hydrogens (tertiary/aromatic N) is 1. The minimum absolute atomic E-state index is 0.113. The predicted molar refractivity (Wildman–Crippen MR) is 85.1 cm³/mol. The van der Waals surface area contributed by atoms with E-state index in [0.29, 0.717) is 6.42 Å². The molecule has 0 atom stereocenters. The van der Waals surface area contributed by atoms with Crippen molar-refractivity contribution < 1.29 is 4.79 Å². The van der Waals surface area contributed by atoms with Crippen LogP contribution in [0.25, 0.3) is 10.9 Å². The Kier molecular flexibility index (Phi) is 4.25. The summed E-state index contributed by atoms with van der Waals surface area (Å²) in [5.41, 5.74) is 2.62. The van der Waals surface area contributed by atoms with Crippen LogP contribution < -0.4 is 10.6 Å². The summed E-state index contributed by atoms with van der Waals surface area (Å²) in [6, 6.07) is 9.25. The second kappa shape index (κ2) is 6.31. The zero-order valence-corrected chi connectivity index (χ0v) is 12.6. The molecule has 4 nitrogen and oxygen atoms in total. The highest BCUT2D eigenvalue weighted by Gasteiger charge is 2.20. The van der Waals surface area contributed by atoms with Gasteiger partial charge in [-0.3, -0.25) is 4.79 Å². The number of aromatic nitrogens is 1. The Balaban J connectivity index is 1.72. The summed E-state index contributed by atoms with van der Waals surface area (Å²) in [4.78, 5) is 11.3. The lowest BCUT2D eigenvalue weighted by molar-refractivity contribution is -0.120. The van der Waals surface area contributed by atoms with Crippen molar-refractivity contribution in [3.05, 3.63) is 36.0 Å². The summed E-state index contributed by atoms with van der Waals surface area (Å²) in [6.45, 7) is 1.82. The second-order valence-electron chi connectivity index (χ2n) is 5.80. The minimum atomic E-state index is 0.113. The van der Waals surface area contributed by atoms with Gasteiger partial charge in [0.2, 0.25) is 5.91 Å². The van der Waals surface area contributed by atoms with Crippen LogP contribution in [-0.4, -0.2) is 23.6 Å². The lowest BCUT2D eigenvalue weighted by Gasteiger charge is -2.04. The number of rotatable bonds is 7. The predicted octanol–water partition coefficient (Wildman–Crippen LogP) is 2.42. The van der Waals surface area contributed by atoms with Crippen molar-refractivity contribution in [1.82, 2.24) is 15.2 Å². The molecule has 1 aliphatic rings. The summed E-state index contributed by atoms with van der Waals surface area (Å²) in [7, 11) is 1.69. The first-order valence-electron chi connectivity index (χ1n) is 7.78. The average Bonchev–Trinajstić information content (AvgIpc) is 3.28. The number of fused-ring (bicyclic) bond motifs is 1. The lowest BCUT2D eigenvalue weighted by Crippen LogP contribution is -2.17. The SMILES string of the molecule is CNC(=O)CCCn1cc(CNC2CC2)c2ccccc21. The highest BCUT2D eigenvalue weighted by atomic mass is 16.1. The van der Waals surface area contributed by atoms with Crippen LogP contribution in [0.1, 0.15) is 31.2 Å². The first kappa shape index (κ1) is 14.1. The molecule has 0 radical (unpaired) electrons. The molecule has 1 saturated carbocycles. The van der Waals surface area contributed by atoms with Gasteiger partial charge in [0.05, 0.1) is 0 Å². The molecular formula is C17H23N3O. The number of aryl methyl sites for hydroxylation is 1. The van der Waals surface area contributed by atoms with Crippen molar-refractivity contribution in [3.63, 3.8) is 0 Å². The zero-order valence-electron chi connectivity index (χ0n) is 12.6. The van der Waals surface area contributed by atoms with Crippen molar-refractivity contribution >= 4 is 16.8 Å². The number of nitrogens with one attached hydrogen (secondary N) is 2. The molecule has 0 saturated heterocycles. The summed E-state index contributed by atoms with van der Waals surface area (Å²) < 4.78 is 2.28. The van der Waals surface area contributed by atoms with Gasteiger partial charge in [-0.2, -0.15) is 0 Å². The summed E-state index contributed by atoms with van der Waals surface area (Å²) in [5.74, 6) is 0.113. The van der Waals surface area contributed by atoms with E-state index in [2.05, 4.69) is 45.7 Å². The highest BCUT2D eigenvalue weighted by Crippen LogP contribution is 2.24. The van der Waals surface area contributed by atoms with E-state index in [-0.39, 0.29) is 5.91 Å². The number of carbonyl (C=O) groups excluding carboxylic acids is 1. The molecule has 1 fully saturated rings. The molecule has 1 aliphatic carbocycles. The van der Waals surface area contributed by atoms with E-state index in [4.69, 9.17) is 0 Å². The van der Waals surface area contributed by atoms with Crippen LogP contribution in [0.2, 0.25) is 0 Å². The fourth-order valence-electron chi connectivity index (χ4n) is 2.73. The van der Waals surface area contributed by atoms with Gasteiger partial charge in [-0.25, -0.2) is 0 Å². The van der Waals surface area contributed by atoms with Crippen LogP contribution in [0.15, 0.2) is 30.5 Å². The first-order chi connectivity index (χ1) is 10.3. The summed E-state index contributed by atoms with van der Waals surface area (Å²) >= 11 is 0. The van der Waals surface area contributed by atoms with Crippen molar-refractivity contribution in [2.45, 2.75) is 44.8 Å². The first-order valence-corrected chi connectivity index (χ1v) is 7.78. The number of carbonyl (C=O) groups is 1. The molecule has 1 aromatic carbocycles. The fourth-order valence-corrected chi connectivity index (χ4v) is 2.73. The standard InChI is InChI=1S/C17H23N3O/c1-18-17(21)7-4-10-20-12-13(11-19-14-8-9-14)15-5-2-3-6-16(15)20/h2-3,5-6,12,14,19H,4,7-11H2,1H3,(H,18,21). The third-order valence-corrected chi connectivity index (χ3v) is 4.11. The number of hydrogen-bond donors (Lipinski definition) is 2. The van der Waals surface area contributed by atoms with Gasteiger partial charge in [0.15, 0.2) is 0 Å². The Morgan fingerprint density at radius 3 is 2.90 bits per heavy atom. The summed E-state index contributed by atoms with van der Waals surface area (Å²) in [5, 5.41) is 7.58. The van der Waals surface area contributed by atoms with Crippen molar-refractivity contribution in [2.75, 3.05) is 7.05 Å². The van der Waals surface area contributed by atoms with Crippen molar-refractivity contribution in [1.29, 1.82) is 0 Å². The normalized spacial score (nSPS) is 14.5. The molecule has 0 unspecified atom stereocenters. The van der Waals surface area contributed by atoms with Crippen LogP contribution in [0.4, 0.5) is 0 Å². The molecule has 2 aromatic rings. The Morgan fingerprint density at radius 2 is 2.14 bits per heavy atom. The molecule has 3 rings (SSSR count). The molecule has 0 bridgehead atoms. The maximum absolute atomic E-state index is 11.3. The largest absolute Gasteiger partial charge is 0.359 e. The fraction of sp³-hybridized carbons (Fsp3) is 0.471. The molecule has 2 N–H and O–H groups in total. The zero-order chi connectivity index (χ0) is 14.7. The highest BCUT2D eigenvalue weighted by molar-refractivity contribution is 5.84. The monoisotopic (exact) mass is 285 g/mol. The smallest absolute Gasteiger partial charge is 0.219 e. The van der Waals surface area contributed by atoms with Crippen LogP contribution in [0.5, 0.6) is 0 Å². The van der Waals surface area contributed by atoms with Gasteiger partial charge < -0.3 is 15.2 Å².